The van der Waals surface area contributed by atoms with Gasteiger partial charge < -0.3 is 34.6 Å². The maximum absolute atomic E-state index is 12.1. The number of hydrogen-bond acceptors (Lipinski definition) is 13. The summed E-state index contributed by atoms with van der Waals surface area (Å²) in [6, 6.07) is 0. The van der Waals surface area contributed by atoms with Gasteiger partial charge in [0.25, 0.3) is 0 Å². The van der Waals surface area contributed by atoms with Gasteiger partial charge >= 0.3 is 27.6 Å². The average molecular weight is 921 g/mol. The molecule has 0 rings (SSSR count). The molecule has 0 radical (unpaired) electrons. The Morgan fingerprint density at radius 1 is 0.435 bits per heavy atom. The molecule has 0 aromatic heterocycles. The predicted molar refractivity (Wildman–Crippen MR) is 242 cm³/mol. The zero-order chi connectivity index (χ0) is 46.0. The first-order chi connectivity index (χ1) is 29.8. The lowest BCUT2D eigenvalue weighted by molar-refractivity contribution is -0.148. The highest BCUT2D eigenvalue weighted by atomic mass is 31.2. The van der Waals surface area contributed by atoms with E-state index in [4.69, 9.17) is 9.47 Å². The van der Waals surface area contributed by atoms with Crippen LogP contribution in [0.15, 0.2) is 72.9 Å². The van der Waals surface area contributed by atoms with E-state index in [1.807, 2.05) is 18.2 Å². The summed E-state index contributed by atoms with van der Waals surface area (Å²) in [5.74, 6) is -1.08. The number of phosphoric ester groups is 2. The van der Waals surface area contributed by atoms with Crippen LogP contribution in [-0.2, 0) is 46.3 Å². The average Bonchev–Trinajstić information content (AvgIpc) is 3.24. The fourth-order valence-corrected chi connectivity index (χ4v) is 6.83. The molecule has 0 fully saturated rings. The van der Waals surface area contributed by atoms with E-state index in [1.165, 1.54) is 44.9 Å². The van der Waals surface area contributed by atoms with Crippen molar-refractivity contribution in [3.05, 3.63) is 72.9 Å². The SMILES string of the molecule is CC/C=C\C/C=C\C/C=C\C/C=C\C/C=C\C/C=C\CCC(=O)OCC(O)COP(=O)(O)OCC(O)COP(=O)(O)OCC(O)COC(=O)CCCCCCCCCCCCC. The molecule has 0 aliphatic rings. The predicted octanol–water partition coefficient (Wildman–Crippen LogP) is 9.60. The number of carbonyl (C=O) groups excluding carboxylic acids is 2. The number of esters is 2. The van der Waals surface area contributed by atoms with Crippen LogP contribution in [0.4, 0.5) is 0 Å². The fraction of sp³-hybridized carbons (Fsp3) is 0.689. The lowest BCUT2D eigenvalue weighted by Gasteiger charge is -2.19. The first kappa shape index (κ1) is 59.5. The Bertz CT molecular complexity index is 1390. The Balaban J connectivity index is 4.01. The van der Waals surface area contributed by atoms with E-state index in [1.54, 1.807) is 0 Å². The van der Waals surface area contributed by atoms with Crippen molar-refractivity contribution in [3.63, 3.8) is 0 Å². The minimum absolute atomic E-state index is 0.0681. The lowest BCUT2D eigenvalue weighted by Crippen LogP contribution is -2.25. The number of hydrogen-bond donors (Lipinski definition) is 5. The smallest absolute Gasteiger partial charge is 0.463 e. The Morgan fingerprint density at radius 3 is 1.11 bits per heavy atom. The second-order valence-corrected chi connectivity index (χ2v) is 17.6. The molecule has 358 valence electrons. The Morgan fingerprint density at radius 2 is 0.742 bits per heavy atom. The molecule has 62 heavy (non-hydrogen) atoms. The van der Waals surface area contributed by atoms with Gasteiger partial charge in [-0.3, -0.25) is 27.7 Å². The molecule has 0 aliphatic heterocycles. The summed E-state index contributed by atoms with van der Waals surface area (Å²) < 4.78 is 52.8. The van der Waals surface area contributed by atoms with E-state index in [2.05, 4.69) is 86.6 Å². The van der Waals surface area contributed by atoms with Gasteiger partial charge in [-0.25, -0.2) is 9.13 Å². The third kappa shape index (κ3) is 42.8. The van der Waals surface area contributed by atoms with Crippen molar-refractivity contribution in [3.8, 4) is 0 Å². The molecule has 0 amide bonds. The molecule has 0 heterocycles. The highest BCUT2D eigenvalue weighted by Crippen LogP contribution is 2.45. The maximum Gasteiger partial charge on any atom is 0.472 e. The largest absolute Gasteiger partial charge is 0.472 e. The van der Waals surface area contributed by atoms with Crippen LogP contribution in [0.2, 0.25) is 0 Å². The summed E-state index contributed by atoms with van der Waals surface area (Å²) >= 11 is 0. The summed E-state index contributed by atoms with van der Waals surface area (Å²) in [4.78, 5) is 43.6. The lowest BCUT2D eigenvalue weighted by atomic mass is 10.1. The quantitative estimate of drug-likeness (QED) is 0.0166. The molecule has 17 heteroatoms. The molecular weight excluding hydrogens is 842 g/mol. The number of aliphatic hydroxyl groups is 3. The molecule has 0 aliphatic carbocycles. The summed E-state index contributed by atoms with van der Waals surface area (Å²) in [7, 11) is -9.59. The molecule has 5 N–H and O–H groups in total. The zero-order valence-electron chi connectivity index (χ0n) is 37.3. The van der Waals surface area contributed by atoms with Gasteiger partial charge in [0.15, 0.2) is 0 Å². The van der Waals surface area contributed by atoms with Crippen molar-refractivity contribution >= 4 is 27.6 Å². The van der Waals surface area contributed by atoms with Crippen LogP contribution in [0, 0.1) is 0 Å². The number of unbranched alkanes of at least 4 members (excludes halogenated alkanes) is 10. The van der Waals surface area contributed by atoms with Crippen molar-refractivity contribution in [2.24, 2.45) is 0 Å². The second kappa shape index (κ2) is 41.2. The third-order valence-electron chi connectivity index (χ3n) is 8.69. The van der Waals surface area contributed by atoms with Crippen molar-refractivity contribution < 1.29 is 71.4 Å². The van der Waals surface area contributed by atoms with Crippen LogP contribution in [0.5, 0.6) is 0 Å². The first-order valence-corrected chi connectivity index (χ1v) is 25.3. The summed E-state index contributed by atoms with van der Waals surface area (Å²) in [5.41, 5.74) is 0. The monoisotopic (exact) mass is 920 g/mol. The highest BCUT2D eigenvalue weighted by molar-refractivity contribution is 7.47. The highest BCUT2D eigenvalue weighted by Gasteiger charge is 2.28. The van der Waals surface area contributed by atoms with Crippen molar-refractivity contribution in [2.75, 3.05) is 39.6 Å². The normalized spacial score (nSPS) is 15.9. The molecule has 0 aromatic carbocycles. The Labute approximate surface area is 371 Å². The van der Waals surface area contributed by atoms with Gasteiger partial charge in [0.1, 0.15) is 31.5 Å². The Hall–Kier alpha value is -2.52. The van der Waals surface area contributed by atoms with E-state index >= 15 is 0 Å². The number of ether oxygens (including phenoxy) is 2. The van der Waals surface area contributed by atoms with Crippen LogP contribution in [0.3, 0.4) is 0 Å². The van der Waals surface area contributed by atoms with Gasteiger partial charge in [-0.1, -0.05) is 151 Å². The third-order valence-corrected chi connectivity index (χ3v) is 10.6. The van der Waals surface area contributed by atoms with E-state index in [9.17, 15) is 43.8 Å². The van der Waals surface area contributed by atoms with Crippen LogP contribution < -0.4 is 0 Å². The number of rotatable bonds is 42. The minimum Gasteiger partial charge on any atom is -0.463 e. The molecular formula is C45H78O15P2. The summed E-state index contributed by atoms with van der Waals surface area (Å²) in [5, 5.41) is 29.9. The number of phosphoric acid groups is 2. The van der Waals surface area contributed by atoms with E-state index < -0.39 is 85.5 Å². The van der Waals surface area contributed by atoms with Gasteiger partial charge in [-0.15, -0.1) is 0 Å². The van der Waals surface area contributed by atoms with Crippen LogP contribution in [-0.4, -0.2) is 95.0 Å². The van der Waals surface area contributed by atoms with E-state index in [0.29, 0.717) is 19.3 Å². The van der Waals surface area contributed by atoms with E-state index in [-0.39, 0.29) is 12.8 Å². The topological polar surface area (TPSA) is 225 Å². The summed E-state index contributed by atoms with van der Waals surface area (Å²) in [6.45, 7) is 0.179. The maximum atomic E-state index is 12.1. The molecule has 15 nitrogen and oxygen atoms in total. The molecule has 0 saturated heterocycles. The minimum atomic E-state index is -4.80. The van der Waals surface area contributed by atoms with Gasteiger partial charge in [0, 0.05) is 12.8 Å². The fourth-order valence-electron chi connectivity index (χ4n) is 5.24. The van der Waals surface area contributed by atoms with Crippen LogP contribution in [0.1, 0.15) is 142 Å². The van der Waals surface area contributed by atoms with Gasteiger partial charge in [0.2, 0.25) is 0 Å². The van der Waals surface area contributed by atoms with Gasteiger partial charge in [-0.05, 0) is 51.4 Å². The summed E-state index contributed by atoms with van der Waals surface area (Å²) in [6.07, 6.45) is 39.2. The van der Waals surface area contributed by atoms with Crippen LogP contribution >= 0.6 is 15.6 Å². The molecule has 0 bridgehead atoms. The van der Waals surface area contributed by atoms with Gasteiger partial charge in [-0.2, -0.15) is 0 Å². The number of allylic oxidation sites excluding steroid dienone is 12. The number of carbonyl (C=O) groups is 2. The first-order valence-electron chi connectivity index (χ1n) is 22.3. The zero-order valence-corrected chi connectivity index (χ0v) is 39.0. The van der Waals surface area contributed by atoms with E-state index in [0.717, 1.165) is 51.4 Å². The van der Waals surface area contributed by atoms with Crippen molar-refractivity contribution in [2.45, 2.75) is 161 Å². The molecule has 5 atom stereocenters. The van der Waals surface area contributed by atoms with Crippen LogP contribution in [0.25, 0.3) is 0 Å². The molecule has 0 saturated carbocycles. The Kier molecular flexibility index (Phi) is 39.5. The van der Waals surface area contributed by atoms with Crippen molar-refractivity contribution in [1.82, 2.24) is 0 Å². The molecule has 0 aromatic rings. The molecule has 0 spiro atoms. The van der Waals surface area contributed by atoms with Crippen molar-refractivity contribution in [1.29, 1.82) is 0 Å². The van der Waals surface area contributed by atoms with Gasteiger partial charge in [0.05, 0.1) is 26.4 Å². The standard InChI is InChI=1S/C45H78O15P2/c1-3-5-7-9-11-13-15-16-17-18-19-20-21-22-24-26-28-30-32-34-45(50)56-36-42(47)38-58-62(53,54)60-40-43(48)39-59-61(51,52)57-37-41(46)35-55-44(49)33-31-29-27-25-23-14-12-10-8-6-4-2/h5,7,11,13,16-17,19-20,22,24,28,30,41-43,46-48H,3-4,6,8-10,12,14-15,18,21,23,25-27,29,31-40H2,1-2H3,(H,51,52)(H,53,54)/b7-5-,13-11-,17-16-,20-19-,24-22-,30-28-. The number of aliphatic hydroxyl groups excluding tert-OH is 3. The second-order valence-electron chi connectivity index (χ2n) is 14.7. The molecule has 5 unspecified atom stereocenters.